The molecule has 0 radical (unpaired) electrons. The molecule has 0 fully saturated rings. The summed E-state index contributed by atoms with van der Waals surface area (Å²) in [5.74, 6) is 0.000248. The molecule has 5 heteroatoms. The van der Waals surface area contributed by atoms with Crippen molar-refractivity contribution in [2.45, 2.75) is 6.92 Å². The molecular weight excluding hydrogens is 254 g/mol. The summed E-state index contributed by atoms with van der Waals surface area (Å²) in [4.78, 5) is 20.5. The predicted molar refractivity (Wildman–Crippen MR) is 72.1 cm³/mol. The molecule has 2 heterocycles. The molecule has 0 saturated carbocycles. The van der Waals surface area contributed by atoms with E-state index in [-0.39, 0.29) is 11.7 Å². The summed E-state index contributed by atoms with van der Waals surface area (Å²) in [6.45, 7) is 1.86. The second kappa shape index (κ2) is 5.05. The van der Waals surface area contributed by atoms with E-state index in [4.69, 9.17) is 4.52 Å². The van der Waals surface area contributed by atoms with Crippen molar-refractivity contribution in [3.05, 3.63) is 65.7 Å². The molecule has 0 aliphatic heterocycles. The molecule has 0 atom stereocenters. The van der Waals surface area contributed by atoms with Crippen molar-refractivity contribution in [2.75, 3.05) is 0 Å². The van der Waals surface area contributed by atoms with E-state index in [9.17, 15) is 4.79 Å². The number of carbonyl (C=O) groups is 1. The number of rotatable bonds is 3. The molecule has 0 bridgehead atoms. The van der Waals surface area contributed by atoms with Gasteiger partial charge >= 0.3 is 0 Å². The number of hydrogen-bond donors (Lipinski definition) is 0. The fourth-order valence-electron chi connectivity index (χ4n) is 1.86. The van der Waals surface area contributed by atoms with Gasteiger partial charge in [0.15, 0.2) is 0 Å². The van der Waals surface area contributed by atoms with E-state index in [0.29, 0.717) is 17.1 Å². The number of nitrogens with zero attached hydrogens (tertiary/aromatic N) is 3. The lowest BCUT2D eigenvalue weighted by Gasteiger charge is -1.99. The molecule has 0 amide bonds. The molecule has 0 spiro atoms. The highest BCUT2D eigenvalue weighted by atomic mass is 16.5. The summed E-state index contributed by atoms with van der Waals surface area (Å²) in [6.07, 6.45) is 1.63. The van der Waals surface area contributed by atoms with Crippen LogP contribution in [-0.2, 0) is 0 Å². The van der Waals surface area contributed by atoms with E-state index in [1.165, 1.54) is 0 Å². The van der Waals surface area contributed by atoms with Crippen molar-refractivity contribution >= 4 is 5.78 Å². The molecule has 3 aromatic rings. The Hall–Kier alpha value is -2.82. The van der Waals surface area contributed by atoms with Gasteiger partial charge in [0, 0.05) is 11.8 Å². The summed E-state index contributed by atoms with van der Waals surface area (Å²) < 4.78 is 5.04. The van der Waals surface area contributed by atoms with E-state index in [1.807, 2.05) is 25.1 Å². The average Bonchev–Trinajstić information content (AvgIpc) is 2.98. The Morgan fingerprint density at radius 1 is 1.10 bits per heavy atom. The quantitative estimate of drug-likeness (QED) is 0.681. The van der Waals surface area contributed by atoms with E-state index in [0.717, 1.165) is 5.56 Å². The zero-order valence-corrected chi connectivity index (χ0v) is 10.8. The third-order valence-electron chi connectivity index (χ3n) is 2.90. The summed E-state index contributed by atoms with van der Waals surface area (Å²) in [6, 6.07) is 12.7. The fraction of sp³-hybridized carbons (Fsp3) is 0.0667. The molecule has 0 unspecified atom stereocenters. The van der Waals surface area contributed by atoms with Gasteiger partial charge in [0.05, 0.1) is 0 Å². The van der Waals surface area contributed by atoms with Gasteiger partial charge in [-0.15, -0.1) is 0 Å². The van der Waals surface area contributed by atoms with Gasteiger partial charge in [-0.1, -0.05) is 35.5 Å². The first-order chi connectivity index (χ1) is 9.75. The molecule has 2 aromatic heterocycles. The minimum absolute atomic E-state index is 0.0278. The Kier molecular flexibility index (Phi) is 3.09. The highest BCUT2D eigenvalue weighted by molar-refractivity contribution is 6.06. The number of aromatic nitrogens is 3. The summed E-state index contributed by atoms with van der Waals surface area (Å²) in [7, 11) is 0. The van der Waals surface area contributed by atoms with E-state index in [2.05, 4.69) is 15.1 Å². The molecule has 0 N–H and O–H groups in total. The monoisotopic (exact) mass is 265 g/mol. The van der Waals surface area contributed by atoms with Gasteiger partial charge in [0.1, 0.15) is 5.69 Å². The molecular formula is C15H11N3O2. The van der Waals surface area contributed by atoms with Crippen molar-refractivity contribution < 1.29 is 9.32 Å². The fourth-order valence-corrected chi connectivity index (χ4v) is 1.86. The van der Waals surface area contributed by atoms with Gasteiger partial charge in [0.25, 0.3) is 11.7 Å². The molecule has 3 rings (SSSR count). The van der Waals surface area contributed by atoms with Gasteiger partial charge in [-0.05, 0) is 24.6 Å². The highest BCUT2D eigenvalue weighted by Gasteiger charge is 2.19. The SMILES string of the molecule is Cc1ccccc1C(=O)c1nc(-c2ccccn2)no1. The second-order valence-corrected chi connectivity index (χ2v) is 4.28. The predicted octanol–water partition coefficient (Wildman–Crippen LogP) is 2.67. The lowest BCUT2D eigenvalue weighted by Crippen LogP contribution is -2.03. The van der Waals surface area contributed by atoms with Gasteiger partial charge in [0.2, 0.25) is 5.82 Å². The Morgan fingerprint density at radius 2 is 1.90 bits per heavy atom. The van der Waals surface area contributed by atoms with Crippen LogP contribution in [0.4, 0.5) is 0 Å². The first-order valence-electron chi connectivity index (χ1n) is 6.11. The van der Waals surface area contributed by atoms with Gasteiger partial charge < -0.3 is 4.52 Å². The van der Waals surface area contributed by atoms with Crippen LogP contribution in [-0.4, -0.2) is 20.9 Å². The number of hydrogen-bond acceptors (Lipinski definition) is 5. The number of benzene rings is 1. The number of carbonyl (C=O) groups excluding carboxylic acids is 1. The summed E-state index contributed by atoms with van der Waals surface area (Å²) in [5.41, 5.74) is 2.00. The van der Waals surface area contributed by atoms with Crippen LogP contribution in [0.2, 0.25) is 0 Å². The van der Waals surface area contributed by atoms with Crippen LogP contribution < -0.4 is 0 Å². The molecule has 5 nitrogen and oxygen atoms in total. The lowest BCUT2D eigenvalue weighted by molar-refractivity contribution is 0.0993. The molecule has 0 aliphatic rings. The van der Waals surface area contributed by atoms with Crippen LogP contribution in [0.25, 0.3) is 11.5 Å². The summed E-state index contributed by atoms with van der Waals surface area (Å²) in [5, 5.41) is 3.79. The van der Waals surface area contributed by atoms with Crippen LogP contribution in [0, 0.1) is 6.92 Å². The molecule has 0 saturated heterocycles. The minimum Gasteiger partial charge on any atom is -0.330 e. The van der Waals surface area contributed by atoms with Gasteiger partial charge in [-0.3, -0.25) is 9.78 Å². The van der Waals surface area contributed by atoms with Gasteiger partial charge in [-0.25, -0.2) is 0 Å². The highest BCUT2D eigenvalue weighted by Crippen LogP contribution is 2.16. The Bertz CT molecular complexity index is 751. The van der Waals surface area contributed by atoms with Crippen molar-refractivity contribution in [3.8, 4) is 11.5 Å². The first kappa shape index (κ1) is 12.2. The Morgan fingerprint density at radius 3 is 2.65 bits per heavy atom. The van der Waals surface area contributed by atoms with E-state index < -0.39 is 0 Å². The lowest BCUT2D eigenvalue weighted by atomic mass is 10.1. The third kappa shape index (κ3) is 2.21. The third-order valence-corrected chi connectivity index (χ3v) is 2.90. The second-order valence-electron chi connectivity index (χ2n) is 4.28. The van der Waals surface area contributed by atoms with Crippen molar-refractivity contribution in [2.24, 2.45) is 0 Å². The van der Waals surface area contributed by atoms with Crippen LogP contribution in [0.5, 0.6) is 0 Å². The number of pyridine rings is 1. The Labute approximate surface area is 115 Å². The van der Waals surface area contributed by atoms with E-state index in [1.54, 1.807) is 30.5 Å². The Balaban J connectivity index is 1.95. The largest absolute Gasteiger partial charge is 0.330 e. The standard InChI is InChI=1S/C15H11N3O2/c1-10-6-2-3-7-11(10)13(19)15-17-14(18-20-15)12-8-4-5-9-16-12/h2-9H,1H3. The number of ketones is 1. The average molecular weight is 265 g/mol. The maximum atomic E-state index is 12.3. The summed E-state index contributed by atoms with van der Waals surface area (Å²) >= 11 is 0. The smallest absolute Gasteiger partial charge is 0.299 e. The molecule has 20 heavy (non-hydrogen) atoms. The van der Waals surface area contributed by atoms with Crippen molar-refractivity contribution in [3.63, 3.8) is 0 Å². The van der Waals surface area contributed by atoms with E-state index >= 15 is 0 Å². The maximum absolute atomic E-state index is 12.3. The molecule has 98 valence electrons. The van der Waals surface area contributed by atoms with Crippen LogP contribution in [0.3, 0.4) is 0 Å². The van der Waals surface area contributed by atoms with Crippen LogP contribution in [0.15, 0.2) is 53.2 Å². The molecule has 0 aliphatic carbocycles. The van der Waals surface area contributed by atoms with Crippen molar-refractivity contribution in [1.29, 1.82) is 0 Å². The topological polar surface area (TPSA) is 68.9 Å². The zero-order valence-electron chi connectivity index (χ0n) is 10.8. The van der Waals surface area contributed by atoms with Crippen molar-refractivity contribution in [1.82, 2.24) is 15.1 Å². The van der Waals surface area contributed by atoms with Gasteiger partial charge in [-0.2, -0.15) is 4.98 Å². The number of aryl methyl sites for hydroxylation is 1. The maximum Gasteiger partial charge on any atom is 0.299 e. The molecule has 1 aromatic carbocycles. The normalized spacial score (nSPS) is 10.4. The van der Waals surface area contributed by atoms with Crippen LogP contribution in [0.1, 0.15) is 21.8 Å². The van der Waals surface area contributed by atoms with Crippen LogP contribution >= 0.6 is 0 Å². The minimum atomic E-state index is -0.280. The zero-order chi connectivity index (χ0) is 13.9. The first-order valence-corrected chi connectivity index (χ1v) is 6.11.